The first-order chi connectivity index (χ1) is 19.8. The summed E-state index contributed by atoms with van der Waals surface area (Å²) < 4.78 is 32.7. The molecule has 3 N–H and O–H groups in total. The molecule has 0 radical (unpaired) electrons. The number of hydrazone groups is 1. The number of benzene rings is 3. The number of anilines is 1. The summed E-state index contributed by atoms with van der Waals surface area (Å²) in [5, 5.41) is 13.8. The van der Waals surface area contributed by atoms with Gasteiger partial charge in [0, 0.05) is 11.6 Å². The number of amides is 1. The van der Waals surface area contributed by atoms with Gasteiger partial charge in [0.25, 0.3) is 10.0 Å². The fourth-order valence-corrected chi connectivity index (χ4v) is 6.16. The molecule has 0 aliphatic rings. The highest BCUT2D eigenvalue weighted by molar-refractivity contribution is 7.90. The van der Waals surface area contributed by atoms with Crippen LogP contribution in [-0.4, -0.2) is 30.2 Å². The topological polar surface area (TPSA) is 157 Å². The van der Waals surface area contributed by atoms with Gasteiger partial charge in [-0.3, -0.25) is 5.43 Å². The van der Waals surface area contributed by atoms with Gasteiger partial charge in [-0.1, -0.05) is 37.6 Å². The van der Waals surface area contributed by atoms with Gasteiger partial charge in [0.2, 0.25) is 5.71 Å². The molecule has 4 aromatic rings. The van der Waals surface area contributed by atoms with E-state index in [4.69, 9.17) is 11.0 Å². The van der Waals surface area contributed by atoms with Gasteiger partial charge in [-0.05, 0) is 97.3 Å². The molecule has 10 nitrogen and oxygen atoms in total. The molecule has 1 amide bonds. The normalized spacial score (nSPS) is 11.9. The van der Waals surface area contributed by atoms with Gasteiger partial charge in [-0.15, -0.1) is 0 Å². The SMILES string of the molecule is Cc1ccc(S(=O)(=O)n2cc(C(C)C)c3cc(Cc4c(C)cc(NN=C(C#N)C(=O)OC(N)=O)cc4C)ccc32)cc1. The van der Waals surface area contributed by atoms with Gasteiger partial charge < -0.3 is 10.5 Å². The Hall–Kier alpha value is -4.95. The van der Waals surface area contributed by atoms with Gasteiger partial charge in [0.1, 0.15) is 6.07 Å². The number of hydrogen-bond acceptors (Lipinski definition) is 8. The van der Waals surface area contributed by atoms with E-state index in [0.717, 1.165) is 38.8 Å². The minimum atomic E-state index is -3.78. The summed E-state index contributed by atoms with van der Waals surface area (Å²) in [6.45, 7) is 9.87. The first-order valence-electron chi connectivity index (χ1n) is 13.1. The molecule has 0 aliphatic carbocycles. The number of nitrogens with one attached hydrogen (secondary N) is 1. The van der Waals surface area contributed by atoms with E-state index in [1.807, 2.05) is 65.0 Å². The van der Waals surface area contributed by atoms with Crippen LogP contribution >= 0.6 is 0 Å². The van der Waals surface area contributed by atoms with Crippen molar-refractivity contribution >= 4 is 44.4 Å². The monoisotopic (exact) mass is 585 g/mol. The van der Waals surface area contributed by atoms with Crippen LogP contribution < -0.4 is 11.2 Å². The number of hydrogen-bond donors (Lipinski definition) is 2. The summed E-state index contributed by atoms with van der Waals surface area (Å²) in [4.78, 5) is 22.8. The van der Waals surface area contributed by atoms with E-state index >= 15 is 0 Å². The average Bonchev–Trinajstić information content (AvgIpc) is 3.31. The quantitative estimate of drug-likeness (QED) is 0.121. The lowest BCUT2D eigenvalue weighted by Crippen LogP contribution is -2.24. The van der Waals surface area contributed by atoms with E-state index in [0.29, 0.717) is 17.6 Å². The Morgan fingerprint density at radius 3 is 2.26 bits per heavy atom. The van der Waals surface area contributed by atoms with Crippen molar-refractivity contribution in [2.45, 2.75) is 51.9 Å². The first-order valence-corrected chi connectivity index (χ1v) is 14.6. The van der Waals surface area contributed by atoms with Crippen LogP contribution in [0, 0.1) is 32.1 Å². The molecular weight excluding hydrogens is 554 g/mol. The number of esters is 1. The van der Waals surface area contributed by atoms with Gasteiger partial charge in [-0.2, -0.15) is 10.4 Å². The molecule has 4 rings (SSSR count). The summed E-state index contributed by atoms with van der Waals surface area (Å²) in [5.74, 6) is -1.15. The van der Waals surface area contributed by atoms with Crippen molar-refractivity contribution < 1.29 is 22.7 Å². The molecule has 0 bridgehead atoms. The zero-order valence-corrected chi connectivity index (χ0v) is 24.7. The van der Waals surface area contributed by atoms with E-state index in [9.17, 15) is 18.0 Å². The molecular formula is C31H31N5O5S. The maximum Gasteiger partial charge on any atom is 0.412 e. The Labute approximate surface area is 244 Å². The minimum Gasteiger partial charge on any atom is -0.371 e. The highest BCUT2D eigenvalue weighted by Crippen LogP contribution is 2.33. The van der Waals surface area contributed by atoms with Gasteiger partial charge in [0.15, 0.2) is 0 Å². The van der Waals surface area contributed by atoms with E-state index < -0.39 is 27.8 Å². The number of fused-ring (bicyclic) bond motifs is 1. The Kier molecular flexibility index (Phi) is 8.49. The number of aromatic nitrogens is 1. The largest absolute Gasteiger partial charge is 0.412 e. The Bertz CT molecular complexity index is 1860. The van der Waals surface area contributed by atoms with Gasteiger partial charge >= 0.3 is 12.1 Å². The molecule has 0 saturated carbocycles. The van der Waals surface area contributed by atoms with E-state index in [1.54, 1.807) is 36.5 Å². The summed E-state index contributed by atoms with van der Waals surface area (Å²) >= 11 is 0. The van der Waals surface area contributed by atoms with Crippen molar-refractivity contribution in [2.75, 3.05) is 5.43 Å². The van der Waals surface area contributed by atoms with E-state index in [1.165, 1.54) is 3.97 Å². The molecule has 11 heteroatoms. The lowest BCUT2D eigenvalue weighted by Gasteiger charge is -2.14. The molecule has 0 fully saturated rings. The second-order valence-electron chi connectivity index (χ2n) is 10.4. The Balaban J connectivity index is 1.66. The molecule has 0 atom stereocenters. The first kappa shape index (κ1) is 30.0. The Morgan fingerprint density at radius 1 is 1.05 bits per heavy atom. The van der Waals surface area contributed by atoms with Gasteiger partial charge in [-0.25, -0.2) is 22.0 Å². The van der Waals surface area contributed by atoms with Crippen molar-refractivity contribution in [1.82, 2.24) is 3.97 Å². The average molecular weight is 586 g/mol. The van der Waals surface area contributed by atoms with Crippen molar-refractivity contribution in [2.24, 2.45) is 10.8 Å². The summed E-state index contributed by atoms with van der Waals surface area (Å²) in [6.07, 6.45) is 0.988. The molecule has 3 aromatic carbocycles. The number of nitrogens with two attached hydrogens (primary N) is 1. The molecule has 0 unspecified atom stereocenters. The number of nitrogens with zero attached hydrogens (tertiary/aromatic N) is 3. The zero-order valence-electron chi connectivity index (χ0n) is 23.9. The molecule has 0 aliphatic heterocycles. The molecule has 216 valence electrons. The van der Waals surface area contributed by atoms with Crippen molar-refractivity contribution in [1.29, 1.82) is 5.26 Å². The highest BCUT2D eigenvalue weighted by Gasteiger charge is 2.23. The molecule has 1 heterocycles. The van der Waals surface area contributed by atoms with Crippen LogP contribution in [0.5, 0.6) is 0 Å². The van der Waals surface area contributed by atoms with Crippen LogP contribution in [0.4, 0.5) is 10.5 Å². The third kappa shape index (κ3) is 6.19. The predicted octanol–water partition coefficient (Wildman–Crippen LogP) is 5.43. The summed E-state index contributed by atoms with van der Waals surface area (Å²) in [6, 6.07) is 17.9. The molecule has 1 aromatic heterocycles. The van der Waals surface area contributed by atoms with Crippen LogP contribution in [0.1, 0.15) is 53.1 Å². The number of primary amides is 1. The lowest BCUT2D eigenvalue weighted by molar-refractivity contribution is -0.129. The van der Waals surface area contributed by atoms with E-state index in [2.05, 4.69) is 15.3 Å². The second-order valence-corrected chi connectivity index (χ2v) is 12.2. The lowest BCUT2D eigenvalue weighted by atomic mass is 9.94. The van der Waals surface area contributed by atoms with E-state index in [-0.39, 0.29) is 10.8 Å². The molecule has 0 saturated heterocycles. The number of carbonyl (C=O) groups is 2. The molecule has 0 spiro atoms. The smallest absolute Gasteiger partial charge is 0.371 e. The number of ether oxygens (including phenoxy) is 1. The highest BCUT2D eigenvalue weighted by atomic mass is 32.2. The zero-order chi connectivity index (χ0) is 30.8. The maximum absolute atomic E-state index is 13.6. The molecule has 42 heavy (non-hydrogen) atoms. The summed E-state index contributed by atoms with van der Waals surface area (Å²) in [7, 11) is -3.78. The minimum absolute atomic E-state index is 0.102. The van der Waals surface area contributed by atoms with Crippen molar-refractivity contribution in [3.63, 3.8) is 0 Å². The number of aryl methyl sites for hydroxylation is 3. The summed E-state index contributed by atoms with van der Waals surface area (Å²) in [5.41, 5.74) is 13.9. The number of nitriles is 1. The van der Waals surface area contributed by atoms with Gasteiger partial charge in [0.05, 0.1) is 16.1 Å². The van der Waals surface area contributed by atoms with Crippen LogP contribution in [0.2, 0.25) is 0 Å². The number of carbonyl (C=O) groups excluding carboxylic acids is 2. The Morgan fingerprint density at radius 2 is 1.69 bits per heavy atom. The standard InChI is InChI=1S/C31H31N5O5S/c1-18(2)27-17-36(42(39,40)24-9-6-19(3)7-10-24)29-11-8-22(15-26(27)29)14-25-20(4)12-23(13-21(25)5)34-35-28(16-32)30(37)41-31(33)38/h6-13,15,17-18,34H,14H2,1-5H3,(H2,33,38). The van der Waals surface area contributed by atoms with Crippen molar-refractivity contribution in [3.8, 4) is 6.07 Å². The predicted molar refractivity (Wildman–Crippen MR) is 161 cm³/mol. The second kappa shape index (κ2) is 11.9. The van der Waals surface area contributed by atoms with Crippen LogP contribution in [0.25, 0.3) is 10.9 Å². The van der Waals surface area contributed by atoms with Crippen molar-refractivity contribution in [3.05, 3.63) is 94.2 Å². The van der Waals surface area contributed by atoms with Crippen LogP contribution in [0.3, 0.4) is 0 Å². The third-order valence-corrected chi connectivity index (χ3v) is 8.62. The fourth-order valence-electron chi connectivity index (χ4n) is 4.78. The van der Waals surface area contributed by atoms with Crippen LogP contribution in [-0.2, 0) is 26.0 Å². The fraction of sp³-hybridized carbons (Fsp3) is 0.226. The van der Waals surface area contributed by atoms with Crippen LogP contribution in [0.15, 0.2) is 70.8 Å². The maximum atomic E-state index is 13.6. The third-order valence-electron chi connectivity index (χ3n) is 6.93. The number of rotatable bonds is 8.